The molecule has 0 aliphatic heterocycles. The molecular formula is C14H24N4O. The lowest BCUT2D eigenvalue weighted by molar-refractivity contribution is 0.0947. The quantitative estimate of drug-likeness (QED) is 0.734. The second-order valence-electron chi connectivity index (χ2n) is 4.84. The van der Waals surface area contributed by atoms with Crippen molar-refractivity contribution in [3.8, 4) is 0 Å². The standard InChI is InChI=1S/C14H24N4O/c1-11(2)18(4)10-6-9-16-14(19)12-7-5-8-13(15-3)17-12/h5,7-8,11H,6,9-10H2,1-4H3,(H,15,17)(H,16,19). The van der Waals surface area contributed by atoms with Crippen LogP contribution in [0.4, 0.5) is 5.82 Å². The molecule has 5 nitrogen and oxygen atoms in total. The van der Waals surface area contributed by atoms with Crippen molar-refractivity contribution in [2.75, 3.05) is 32.5 Å². The summed E-state index contributed by atoms with van der Waals surface area (Å²) < 4.78 is 0. The van der Waals surface area contributed by atoms with E-state index in [9.17, 15) is 4.79 Å². The molecule has 1 rings (SSSR count). The molecule has 1 aromatic heterocycles. The number of aromatic nitrogens is 1. The van der Waals surface area contributed by atoms with Crippen LogP contribution in [0, 0.1) is 0 Å². The Labute approximate surface area is 115 Å². The van der Waals surface area contributed by atoms with Gasteiger partial charge in [-0.3, -0.25) is 4.79 Å². The van der Waals surface area contributed by atoms with Crippen molar-refractivity contribution in [3.63, 3.8) is 0 Å². The predicted octanol–water partition coefficient (Wildman–Crippen LogP) is 1.58. The van der Waals surface area contributed by atoms with Crippen molar-refractivity contribution < 1.29 is 4.79 Å². The van der Waals surface area contributed by atoms with Gasteiger partial charge in [-0.1, -0.05) is 6.07 Å². The van der Waals surface area contributed by atoms with Crippen molar-refractivity contribution in [1.82, 2.24) is 15.2 Å². The summed E-state index contributed by atoms with van der Waals surface area (Å²) in [4.78, 5) is 18.3. The molecule has 0 bridgehead atoms. The molecule has 0 saturated heterocycles. The van der Waals surface area contributed by atoms with Crippen LogP contribution in [-0.4, -0.2) is 49.0 Å². The Morgan fingerprint density at radius 1 is 1.42 bits per heavy atom. The Hall–Kier alpha value is -1.62. The third-order valence-electron chi connectivity index (χ3n) is 3.09. The van der Waals surface area contributed by atoms with Crippen LogP contribution in [0.2, 0.25) is 0 Å². The first-order chi connectivity index (χ1) is 9.04. The largest absolute Gasteiger partial charge is 0.373 e. The van der Waals surface area contributed by atoms with E-state index in [0.29, 0.717) is 24.1 Å². The number of hydrogen-bond donors (Lipinski definition) is 2. The molecule has 19 heavy (non-hydrogen) atoms. The minimum atomic E-state index is -0.121. The maximum atomic E-state index is 11.9. The number of carbonyl (C=O) groups is 1. The molecule has 106 valence electrons. The van der Waals surface area contributed by atoms with Crippen LogP contribution in [0.1, 0.15) is 30.8 Å². The average molecular weight is 264 g/mol. The first kappa shape index (κ1) is 15.4. The molecule has 1 aromatic rings. The van der Waals surface area contributed by atoms with E-state index in [1.807, 2.05) is 12.1 Å². The van der Waals surface area contributed by atoms with Crippen LogP contribution >= 0.6 is 0 Å². The van der Waals surface area contributed by atoms with E-state index in [1.54, 1.807) is 13.1 Å². The summed E-state index contributed by atoms with van der Waals surface area (Å²) in [7, 11) is 3.87. The SMILES string of the molecule is CNc1cccc(C(=O)NCCCN(C)C(C)C)n1. The van der Waals surface area contributed by atoms with Crippen molar-refractivity contribution >= 4 is 11.7 Å². The Morgan fingerprint density at radius 3 is 2.79 bits per heavy atom. The Kier molecular flexibility index (Phi) is 6.29. The van der Waals surface area contributed by atoms with Crippen LogP contribution in [0.5, 0.6) is 0 Å². The lowest BCUT2D eigenvalue weighted by Crippen LogP contribution is -2.31. The van der Waals surface area contributed by atoms with E-state index in [-0.39, 0.29) is 5.91 Å². The number of pyridine rings is 1. The van der Waals surface area contributed by atoms with Gasteiger partial charge in [0.05, 0.1) is 0 Å². The maximum Gasteiger partial charge on any atom is 0.269 e. The predicted molar refractivity (Wildman–Crippen MR) is 78.5 cm³/mol. The summed E-state index contributed by atoms with van der Waals surface area (Å²) in [5, 5.41) is 5.81. The number of carbonyl (C=O) groups excluding carboxylic acids is 1. The van der Waals surface area contributed by atoms with Crippen molar-refractivity contribution in [1.29, 1.82) is 0 Å². The molecule has 0 aromatic carbocycles. The number of nitrogens with one attached hydrogen (secondary N) is 2. The molecule has 1 heterocycles. The maximum absolute atomic E-state index is 11.9. The fraction of sp³-hybridized carbons (Fsp3) is 0.571. The van der Waals surface area contributed by atoms with E-state index in [2.05, 4.69) is 41.4 Å². The smallest absolute Gasteiger partial charge is 0.269 e. The highest BCUT2D eigenvalue weighted by Crippen LogP contribution is 2.03. The molecule has 0 saturated carbocycles. The van der Waals surface area contributed by atoms with Gasteiger partial charge in [0.1, 0.15) is 11.5 Å². The fourth-order valence-corrected chi connectivity index (χ4v) is 1.58. The second-order valence-corrected chi connectivity index (χ2v) is 4.84. The zero-order chi connectivity index (χ0) is 14.3. The highest BCUT2D eigenvalue weighted by atomic mass is 16.1. The van der Waals surface area contributed by atoms with Crippen LogP contribution in [0.15, 0.2) is 18.2 Å². The first-order valence-corrected chi connectivity index (χ1v) is 6.68. The van der Waals surface area contributed by atoms with E-state index in [1.165, 1.54) is 0 Å². The minimum absolute atomic E-state index is 0.121. The summed E-state index contributed by atoms with van der Waals surface area (Å²) in [6.45, 7) is 5.96. The number of hydrogen-bond acceptors (Lipinski definition) is 4. The molecule has 0 spiro atoms. The molecule has 5 heteroatoms. The number of anilines is 1. The summed E-state index contributed by atoms with van der Waals surface area (Å²) in [5.41, 5.74) is 0.448. The minimum Gasteiger partial charge on any atom is -0.373 e. The third-order valence-corrected chi connectivity index (χ3v) is 3.09. The number of amides is 1. The van der Waals surface area contributed by atoms with Crippen LogP contribution in [-0.2, 0) is 0 Å². The van der Waals surface area contributed by atoms with Gasteiger partial charge in [0.25, 0.3) is 5.91 Å². The van der Waals surface area contributed by atoms with Gasteiger partial charge in [0.2, 0.25) is 0 Å². The Balaban J connectivity index is 2.35. The van der Waals surface area contributed by atoms with Crippen molar-refractivity contribution in [2.45, 2.75) is 26.3 Å². The molecule has 1 amide bonds. The lowest BCUT2D eigenvalue weighted by Gasteiger charge is -2.20. The van der Waals surface area contributed by atoms with Gasteiger partial charge in [-0.05, 0) is 46.0 Å². The van der Waals surface area contributed by atoms with Gasteiger partial charge in [-0.25, -0.2) is 4.98 Å². The topological polar surface area (TPSA) is 57.3 Å². The van der Waals surface area contributed by atoms with Gasteiger partial charge in [0, 0.05) is 19.6 Å². The van der Waals surface area contributed by atoms with Gasteiger partial charge in [-0.15, -0.1) is 0 Å². The Bertz CT molecular complexity index is 406. The first-order valence-electron chi connectivity index (χ1n) is 6.68. The molecule has 0 atom stereocenters. The zero-order valence-corrected chi connectivity index (χ0v) is 12.2. The Morgan fingerprint density at radius 2 is 2.16 bits per heavy atom. The lowest BCUT2D eigenvalue weighted by atomic mass is 10.3. The molecule has 0 aliphatic carbocycles. The third kappa shape index (κ3) is 5.26. The number of rotatable bonds is 7. The second kappa shape index (κ2) is 7.74. The molecule has 0 unspecified atom stereocenters. The zero-order valence-electron chi connectivity index (χ0n) is 12.2. The number of nitrogens with zero attached hydrogens (tertiary/aromatic N) is 2. The van der Waals surface area contributed by atoms with Crippen LogP contribution in [0.3, 0.4) is 0 Å². The molecule has 0 fully saturated rings. The highest BCUT2D eigenvalue weighted by molar-refractivity contribution is 5.92. The van der Waals surface area contributed by atoms with Gasteiger partial charge < -0.3 is 15.5 Å². The normalized spacial score (nSPS) is 10.8. The molecular weight excluding hydrogens is 240 g/mol. The van der Waals surface area contributed by atoms with E-state index < -0.39 is 0 Å². The van der Waals surface area contributed by atoms with Crippen LogP contribution < -0.4 is 10.6 Å². The monoisotopic (exact) mass is 264 g/mol. The summed E-state index contributed by atoms with van der Waals surface area (Å²) in [5.74, 6) is 0.580. The fourth-order valence-electron chi connectivity index (χ4n) is 1.58. The van der Waals surface area contributed by atoms with E-state index in [0.717, 1.165) is 13.0 Å². The van der Waals surface area contributed by atoms with Gasteiger partial charge in [-0.2, -0.15) is 0 Å². The summed E-state index contributed by atoms with van der Waals surface area (Å²) >= 11 is 0. The van der Waals surface area contributed by atoms with Crippen molar-refractivity contribution in [2.24, 2.45) is 0 Å². The molecule has 0 aliphatic rings. The van der Waals surface area contributed by atoms with E-state index >= 15 is 0 Å². The van der Waals surface area contributed by atoms with Crippen molar-refractivity contribution in [3.05, 3.63) is 23.9 Å². The summed E-state index contributed by atoms with van der Waals surface area (Å²) in [6.07, 6.45) is 0.937. The average Bonchev–Trinajstić information content (AvgIpc) is 2.42. The van der Waals surface area contributed by atoms with E-state index in [4.69, 9.17) is 0 Å². The molecule has 2 N–H and O–H groups in total. The van der Waals surface area contributed by atoms with Crippen LogP contribution in [0.25, 0.3) is 0 Å². The summed E-state index contributed by atoms with van der Waals surface area (Å²) in [6, 6.07) is 5.90. The van der Waals surface area contributed by atoms with Gasteiger partial charge >= 0.3 is 0 Å². The highest BCUT2D eigenvalue weighted by Gasteiger charge is 2.07. The molecule has 0 radical (unpaired) electrons. The van der Waals surface area contributed by atoms with Gasteiger partial charge in [0.15, 0.2) is 0 Å².